The van der Waals surface area contributed by atoms with Crippen LogP contribution in [0.3, 0.4) is 0 Å². The number of anilines is 2. The van der Waals surface area contributed by atoms with Crippen LogP contribution in [0.5, 0.6) is 0 Å². The quantitative estimate of drug-likeness (QED) is 0.735. The average molecular weight is 252 g/mol. The lowest BCUT2D eigenvalue weighted by Gasteiger charge is -2.19. The zero-order chi connectivity index (χ0) is 9.80. The Labute approximate surface area is 110 Å². The van der Waals surface area contributed by atoms with E-state index < -0.39 is 0 Å². The van der Waals surface area contributed by atoms with E-state index in [0.29, 0.717) is 0 Å². The summed E-state index contributed by atoms with van der Waals surface area (Å²) in [6.07, 6.45) is 0. The lowest BCUT2D eigenvalue weighted by atomic mass is 10.1. The summed E-state index contributed by atoms with van der Waals surface area (Å²) in [5.74, 6) is 0. The molecule has 0 amide bonds. The molecule has 16 heavy (non-hydrogen) atoms. The molecule has 2 rings (SSSR count). The smallest absolute Gasteiger partial charge is 0.234 e. The highest BCUT2D eigenvalue weighted by Gasteiger charge is 2.00. The van der Waals surface area contributed by atoms with Crippen molar-refractivity contribution >= 4 is 44.2 Å². The van der Waals surface area contributed by atoms with Crippen LogP contribution in [0.25, 0.3) is 0 Å². The third-order valence-corrected chi connectivity index (χ3v) is 2.07. The fraction of sp³-hybridized carbons (Fsp3) is 0. The van der Waals surface area contributed by atoms with E-state index in [-0.39, 0.29) is 24.8 Å². The van der Waals surface area contributed by atoms with Crippen LogP contribution in [0.2, 0.25) is 0 Å². The van der Waals surface area contributed by atoms with Crippen LogP contribution >= 0.6 is 24.8 Å². The number of hydrogen-bond acceptors (Lipinski definition) is 1. The molecule has 0 saturated heterocycles. The molecule has 0 spiro atoms. The molecule has 0 saturated carbocycles. The van der Waals surface area contributed by atoms with Gasteiger partial charge in [0, 0.05) is 11.4 Å². The molecule has 0 bridgehead atoms. The second kappa shape index (κ2) is 7.21. The highest BCUT2D eigenvalue weighted by atomic mass is 35.5. The Balaban J connectivity index is 0.00000112. The second-order valence-electron chi connectivity index (χ2n) is 3.04. The van der Waals surface area contributed by atoms with Crippen molar-refractivity contribution in [2.75, 3.05) is 4.81 Å². The Morgan fingerprint density at radius 3 is 1.25 bits per heavy atom. The number of hydrogen-bond donors (Lipinski definition) is 0. The van der Waals surface area contributed by atoms with Gasteiger partial charge in [-0.2, -0.15) is 0 Å². The van der Waals surface area contributed by atoms with Gasteiger partial charge in [0.05, 0.1) is 0 Å². The summed E-state index contributed by atoms with van der Waals surface area (Å²) in [6, 6.07) is 19.7. The Bertz CT molecular complexity index is 355. The SMILES string of the molecule is Cl.Cl.[B]N(c1ccccc1)c1ccccc1. The normalized spacial score (nSPS) is 8.50. The van der Waals surface area contributed by atoms with Gasteiger partial charge in [-0.25, -0.2) is 0 Å². The maximum atomic E-state index is 5.95. The Morgan fingerprint density at radius 1 is 0.625 bits per heavy atom. The molecule has 0 fully saturated rings. The van der Waals surface area contributed by atoms with Gasteiger partial charge in [0.15, 0.2) is 0 Å². The van der Waals surface area contributed by atoms with E-state index in [0.717, 1.165) is 11.4 Å². The Hall–Kier alpha value is -1.12. The summed E-state index contributed by atoms with van der Waals surface area (Å²) in [4.78, 5) is 1.67. The number of halogens is 2. The van der Waals surface area contributed by atoms with Gasteiger partial charge in [-0.3, -0.25) is 0 Å². The van der Waals surface area contributed by atoms with Crippen molar-refractivity contribution in [2.24, 2.45) is 0 Å². The summed E-state index contributed by atoms with van der Waals surface area (Å²) < 4.78 is 0. The molecular formula is C12H12BCl2N. The van der Waals surface area contributed by atoms with E-state index >= 15 is 0 Å². The fourth-order valence-corrected chi connectivity index (χ4v) is 1.33. The molecule has 1 nitrogen and oxygen atoms in total. The van der Waals surface area contributed by atoms with E-state index in [9.17, 15) is 0 Å². The number of rotatable bonds is 2. The standard InChI is InChI=1S/C12H10BN.2ClH/c13-14(11-7-3-1-4-8-11)12-9-5-2-6-10-12;;/h1-10H;2*1H. The van der Waals surface area contributed by atoms with Crippen LogP contribution in [-0.4, -0.2) is 7.98 Å². The van der Waals surface area contributed by atoms with Gasteiger partial charge >= 0.3 is 0 Å². The van der Waals surface area contributed by atoms with E-state index in [1.54, 1.807) is 4.81 Å². The highest BCUT2D eigenvalue weighted by Crippen LogP contribution is 2.21. The molecule has 82 valence electrons. The van der Waals surface area contributed by atoms with E-state index in [1.165, 1.54) is 0 Å². The minimum absolute atomic E-state index is 0. The molecule has 0 atom stereocenters. The maximum absolute atomic E-state index is 5.95. The van der Waals surface area contributed by atoms with Gasteiger partial charge in [0.25, 0.3) is 0 Å². The van der Waals surface area contributed by atoms with Gasteiger partial charge in [-0.1, -0.05) is 36.4 Å². The summed E-state index contributed by atoms with van der Waals surface area (Å²) in [7, 11) is 5.95. The first-order valence-corrected chi connectivity index (χ1v) is 4.53. The fourth-order valence-electron chi connectivity index (χ4n) is 1.33. The lowest BCUT2D eigenvalue weighted by Crippen LogP contribution is -2.10. The van der Waals surface area contributed by atoms with Crippen LogP contribution in [0.15, 0.2) is 60.7 Å². The molecule has 0 unspecified atom stereocenters. The van der Waals surface area contributed by atoms with E-state index in [4.69, 9.17) is 7.98 Å². The molecular weight excluding hydrogens is 240 g/mol. The molecule has 0 aliphatic heterocycles. The molecule has 0 aliphatic carbocycles. The molecule has 0 aliphatic rings. The second-order valence-corrected chi connectivity index (χ2v) is 3.04. The van der Waals surface area contributed by atoms with Gasteiger partial charge in [0.1, 0.15) is 0 Å². The van der Waals surface area contributed by atoms with Crippen LogP contribution < -0.4 is 4.81 Å². The monoisotopic (exact) mass is 251 g/mol. The average Bonchev–Trinajstić information content (AvgIpc) is 2.30. The first-order chi connectivity index (χ1) is 6.88. The first-order valence-electron chi connectivity index (χ1n) is 4.53. The summed E-state index contributed by atoms with van der Waals surface area (Å²) >= 11 is 0. The van der Waals surface area contributed by atoms with Crippen molar-refractivity contribution in [2.45, 2.75) is 0 Å². The van der Waals surface area contributed by atoms with Crippen molar-refractivity contribution < 1.29 is 0 Å². The summed E-state index contributed by atoms with van der Waals surface area (Å²) in [5, 5.41) is 0. The predicted molar refractivity (Wildman–Crippen MR) is 75.3 cm³/mol. The third kappa shape index (κ3) is 3.48. The molecule has 2 aromatic carbocycles. The molecule has 0 N–H and O–H groups in total. The van der Waals surface area contributed by atoms with E-state index in [2.05, 4.69) is 0 Å². The van der Waals surface area contributed by atoms with E-state index in [1.807, 2.05) is 60.7 Å². The van der Waals surface area contributed by atoms with Crippen molar-refractivity contribution in [1.82, 2.24) is 0 Å². The summed E-state index contributed by atoms with van der Waals surface area (Å²) in [5.41, 5.74) is 1.97. The molecule has 4 heteroatoms. The topological polar surface area (TPSA) is 3.24 Å². The van der Waals surface area contributed by atoms with Crippen molar-refractivity contribution in [3.05, 3.63) is 60.7 Å². The largest absolute Gasteiger partial charge is 0.398 e. The maximum Gasteiger partial charge on any atom is 0.234 e. The van der Waals surface area contributed by atoms with Crippen molar-refractivity contribution in [1.29, 1.82) is 0 Å². The minimum Gasteiger partial charge on any atom is -0.398 e. The highest BCUT2D eigenvalue weighted by molar-refractivity contribution is 6.22. The third-order valence-electron chi connectivity index (χ3n) is 2.07. The van der Waals surface area contributed by atoms with Gasteiger partial charge < -0.3 is 4.81 Å². The predicted octanol–water partition coefficient (Wildman–Crippen LogP) is 3.75. The zero-order valence-electron chi connectivity index (χ0n) is 8.61. The number of benzene rings is 2. The van der Waals surface area contributed by atoms with Crippen molar-refractivity contribution in [3.8, 4) is 0 Å². The molecule has 0 aromatic heterocycles. The molecule has 2 radical (unpaired) electrons. The van der Waals surface area contributed by atoms with Crippen LogP contribution in [-0.2, 0) is 0 Å². The van der Waals surface area contributed by atoms with Gasteiger partial charge in [-0.15, -0.1) is 24.8 Å². The Kier molecular flexibility index (Phi) is 6.70. The Morgan fingerprint density at radius 2 is 0.938 bits per heavy atom. The van der Waals surface area contributed by atoms with Crippen molar-refractivity contribution in [3.63, 3.8) is 0 Å². The summed E-state index contributed by atoms with van der Waals surface area (Å²) in [6.45, 7) is 0. The first kappa shape index (κ1) is 14.9. The number of nitrogens with zero attached hydrogens (tertiary/aromatic N) is 1. The van der Waals surface area contributed by atoms with Crippen LogP contribution in [0, 0.1) is 0 Å². The van der Waals surface area contributed by atoms with Gasteiger partial charge in [-0.05, 0) is 24.3 Å². The van der Waals surface area contributed by atoms with Gasteiger partial charge in [0.2, 0.25) is 7.98 Å². The molecule has 0 heterocycles. The zero-order valence-corrected chi connectivity index (χ0v) is 10.2. The van der Waals surface area contributed by atoms with Crippen LogP contribution in [0.4, 0.5) is 11.4 Å². The molecule has 2 aromatic rings. The minimum atomic E-state index is 0. The number of para-hydroxylation sites is 2. The van der Waals surface area contributed by atoms with Crippen LogP contribution in [0.1, 0.15) is 0 Å². The lowest BCUT2D eigenvalue weighted by molar-refractivity contribution is 1.41.